The van der Waals surface area contributed by atoms with Crippen LogP contribution in [-0.4, -0.2) is 51.0 Å². The van der Waals surface area contributed by atoms with Crippen molar-refractivity contribution in [1.29, 1.82) is 0 Å². The van der Waals surface area contributed by atoms with Crippen LogP contribution in [0.25, 0.3) is 0 Å². The van der Waals surface area contributed by atoms with Gasteiger partial charge in [-0.3, -0.25) is 4.90 Å². The number of aliphatic hydroxyl groups excluding tert-OH is 1. The van der Waals surface area contributed by atoms with Crippen LogP contribution in [0, 0.1) is 0 Å². The van der Waals surface area contributed by atoms with Crippen LogP contribution < -0.4 is 9.47 Å². The van der Waals surface area contributed by atoms with Crippen molar-refractivity contribution in [3.05, 3.63) is 29.1 Å². The lowest BCUT2D eigenvalue weighted by Crippen LogP contribution is -2.34. The van der Waals surface area contributed by atoms with E-state index in [1.165, 1.54) is 0 Å². The van der Waals surface area contributed by atoms with Crippen molar-refractivity contribution >= 4 is 0 Å². The number of hydrogen-bond acceptors (Lipinski definition) is 7. The third-order valence-corrected chi connectivity index (χ3v) is 4.68. The number of rotatable bonds is 5. The summed E-state index contributed by atoms with van der Waals surface area (Å²) >= 11 is 0. The standard InChI is InChI=1S/C16H21N5O3/c1-23-13-5-6-14(24-2)16-11(13)7-20(8-12(16)22)9-15-17-18-19-21(15)10-3-4-10/h5-6,10,12,22H,3-4,7-9H2,1-2H3/t12-/m1/s1. The molecule has 2 aliphatic rings. The van der Waals surface area contributed by atoms with Crippen LogP contribution in [0.5, 0.6) is 11.5 Å². The molecule has 1 aromatic heterocycles. The molecule has 1 aliphatic carbocycles. The maximum atomic E-state index is 10.6. The fraction of sp³-hybridized carbons (Fsp3) is 0.562. The SMILES string of the molecule is COc1ccc(OC)c2c1CN(Cc1nnnn1C1CC1)C[C@H]2O. The summed E-state index contributed by atoms with van der Waals surface area (Å²) in [4.78, 5) is 2.14. The highest BCUT2D eigenvalue weighted by Gasteiger charge is 2.32. The molecule has 0 unspecified atom stereocenters. The number of methoxy groups -OCH3 is 2. The van der Waals surface area contributed by atoms with E-state index >= 15 is 0 Å². The molecular formula is C16H21N5O3. The number of aliphatic hydroxyl groups is 1. The molecule has 1 aromatic carbocycles. The van der Waals surface area contributed by atoms with Crippen LogP contribution in [0.3, 0.4) is 0 Å². The van der Waals surface area contributed by atoms with Gasteiger partial charge in [0.2, 0.25) is 0 Å². The Hall–Kier alpha value is -2.19. The highest BCUT2D eigenvalue weighted by atomic mass is 16.5. The summed E-state index contributed by atoms with van der Waals surface area (Å²) in [7, 11) is 3.26. The Morgan fingerprint density at radius 3 is 2.67 bits per heavy atom. The zero-order valence-electron chi connectivity index (χ0n) is 13.8. The number of fused-ring (bicyclic) bond motifs is 1. The Kier molecular flexibility index (Phi) is 3.85. The first-order chi connectivity index (χ1) is 11.7. The monoisotopic (exact) mass is 331 g/mol. The molecule has 24 heavy (non-hydrogen) atoms. The second kappa shape index (κ2) is 6.03. The van der Waals surface area contributed by atoms with Crippen LogP contribution in [0.15, 0.2) is 12.1 Å². The Morgan fingerprint density at radius 2 is 1.96 bits per heavy atom. The molecule has 8 heteroatoms. The molecule has 0 bridgehead atoms. The van der Waals surface area contributed by atoms with E-state index in [1.807, 2.05) is 16.8 Å². The second-order valence-electron chi connectivity index (χ2n) is 6.32. The van der Waals surface area contributed by atoms with Gasteiger partial charge in [0.1, 0.15) is 11.5 Å². The predicted octanol–water partition coefficient (Wildman–Crippen LogP) is 1.07. The van der Waals surface area contributed by atoms with E-state index in [9.17, 15) is 5.11 Å². The third-order valence-electron chi connectivity index (χ3n) is 4.68. The Labute approximate surface area is 140 Å². The highest BCUT2D eigenvalue weighted by molar-refractivity contribution is 5.51. The van der Waals surface area contributed by atoms with E-state index in [2.05, 4.69) is 20.4 Å². The molecule has 1 atom stereocenters. The van der Waals surface area contributed by atoms with Gasteiger partial charge < -0.3 is 14.6 Å². The highest BCUT2D eigenvalue weighted by Crippen LogP contribution is 2.40. The number of hydrogen-bond donors (Lipinski definition) is 1. The third kappa shape index (κ3) is 2.61. The first-order valence-corrected chi connectivity index (χ1v) is 8.12. The molecule has 1 aliphatic heterocycles. The molecule has 4 rings (SSSR count). The van der Waals surface area contributed by atoms with Gasteiger partial charge in [-0.2, -0.15) is 0 Å². The van der Waals surface area contributed by atoms with E-state index < -0.39 is 6.10 Å². The molecule has 2 heterocycles. The lowest BCUT2D eigenvalue weighted by molar-refractivity contribution is 0.0819. The normalized spacial score (nSPS) is 20.7. The molecule has 1 fully saturated rings. The zero-order valence-corrected chi connectivity index (χ0v) is 13.8. The van der Waals surface area contributed by atoms with E-state index in [0.29, 0.717) is 31.4 Å². The van der Waals surface area contributed by atoms with Crippen LogP contribution >= 0.6 is 0 Å². The van der Waals surface area contributed by atoms with Gasteiger partial charge in [0, 0.05) is 24.2 Å². The van der Waals surface area contributed by atoms with Gasteiger partial charge in [0.25, 0.3) is 0 Å². The van der Waals surface area contributed by atoms with Crippen molar-refractivity contribution in [3.8, 4) is 11.5 Å². The summed E-state index contributed by atoms with van der Waals surface area (Å²) in [5, 5.41) is 22.7. The molecule has 2 aromatic rings. The van der Waals surface area contributed by atoms with Gasteiger partial charge in [0.05, 0.1) is 32.9 Å². The fourth-order valence-electron chi connectivity index (χ4n) is 3.38. The maximum absolute atomic E-state index is 10.6. The first-order valence-electron chi connectivity index (χ1n) is 8.12. The summed E-state index contributed by atoms with van der Waals surface area (Å²) in [6.07, 6.45) is 1.63. The van der Waals surface area contributed by atoms with Crippen molar-refractivity contribution in [2.75, 3.05) is 20.8 Å². The van der Waals surface area contributed by atoms with Gasteiger partial charge >= 0.3 is 0 Å². The van der Waals surface area contributed by atoms with Gasteiger partial charge in [-0.25, -0.2) is 4.68 Å². The number of ether oxygens (including phenoxy) is 2. The van der Waals surface area contributed by atoms with Crippen molar-refractivity contribution in [2.24, 2.45) is 0 Å². The number of aromatic nitrogens is 4. The minimum atomic E-state index is -0.635. The van der Waals surface area contributed by atoms with Gasteiger partial charge in [-0.05, 0) is 35.4 Å². The molecular weight excluding hydrogens is 310 g/mol. The second-order valence-corrected chi connectivity index (χ2v) is 6.32. The largest absolute Gasteiger partial charge is 0.496 e. The van der Waals surface area contributed by atoms with Crippen LogP contribution in [-0.2, 0) is 13.1 Å². The molecule has 8 nitrogen and oxygen atoms in total. The van der Waals surface area contributed by atoms with E-state index in [1.54, 1.807) is 14.2 Å². The van der Waals surface area contributed by atoms with Crippen LogP contribution in [0.2, 0.25) is 0 Å². The summed E-state index contributed by atoms with van der Waals surface area (Å²) in [5.41, 5.74) is 1.77. The average molecular weight is 331 g/mol. The summed E-state index contributed by atoms with van der Waals surface area (Å²) in [6, 6.07) is 4.15. The summed E-state index contributed by atoms with van der Waals surface area (Å²) in [5.74, 6) is 2.30. The lowest BCUT2D eigenvalue weighted by Gasteiger charge is -2.33. The van der Waals surface area contributed by atoms with Crippen molar-refractivity contribution < 1.29 is 14.6 Å². The smallest absolute Gasteiger partial charge is 0.165 e. The van der Waals surface area contributed by atoms with Gasteiger partial charge in [-0.15, -0.1) is 5.10 Å². The number of tetrazole rings is 1. The van der Waals surface area contributed by atoms with E-state index in [-0.39, 0.29) is 0 Å². The topological polar surface area (TPSA) is 85.5 Å². The van der Waals surface area contributed by atoms with E-state index in [0.717, 1.165) is 35.5 Å². The summed E-state index contributed by atoms with van der Waals surface area (Å²) < 4.78 is 12.8. The molecule has 1 saturated carbocycles. The molecule has 128 valence electrons. The average Bonchev–Trinajstić information content (AvgIpc) is 3.33. The molecule has 0 radical (unpaired) electrons. The Bertz CT molecular complexity index is 743. The minimum absolute atomic E-state index is 0.437. The first kappa shape index (κ1) is 15.3. The molecule has 0 amide bonds. The molecule has 1 N–H and O–H groups in total. The minimum Gasteiger partial charge on any atom is -0.496 e. The number of β-amino-alcohol motifs (C(OH)–C–C–N with tert-alkyl or cyclic N) is 1. The lowest BCUT2D eigenvalue weighted by atomic mass is 9.95. The summed E-state index contributed by atoms with van der Waals surface area (Å²) in [6.45, 7) is 1.76. The van der Waals surface area contributed by atoms with Crippen molar-refractivity contribution in [2.45, 2.75) is 38.1 Å². The quantitative estimate of drug-likeness (QED) is 0.877. The predicted molar refractivity (Wildman–Crippen MR) is 84.7 cm³/mol. The van der Waals surface area contributed by atoms with Gasteiger partial charge in [0.15, 0.2) is 5.82 Å². The maximum Gasteiger partial charge on any atom is 0.165 e. The Morgan fingerprint density at radius 1 is 1.21 bits per heavy atom. The van der Waals surface area contributed by atoms with E-state index in [4.69, 9.17) is 9.47 Å². The van der Waals surface area contributed by atoms with Crippen LogP contribution in [0.1, 0.15) is 41.9 Å². The fourth-order valence-corrected chi connectivity index (χ4v) is 3.38. The molecule has 0 spiro atoms. The zero-order chi connectivity index (χ0) is 16.7. The Balaban J connectivity index is 1.62. The van der Waals surface area contributed by atoms with Crippen molar-refractivity contribution in [3.63, 3.8) is 0 Å². The van der Waals surface area contributed by atoms with Gasteiger partial charge in [-0.1, -0.05) is 0 Å². The molecule has 0 saturated heterocycles. The number of nitrogens with zero attached hydrogens (tertiary/aromatic N) is 5. The van der Waals surface area contributed by atoms with Crippen molar-refractivity contribution in [1.82, 2.24) is 25.1 Å². The number of benzene rings is 1. The van der Waals surface area contributed by atoms with Crippen LogP contribution in [0.4, 0.5) is 0 Å².